The molecule has 5 nitrogen and oxygen atoms in total. The van der Waals surface area contributed by atoms with Gasteiger partial charge in [-0.05, 0) is 42.7 Å². The van der Waals surface area contributed by atoms with Gasteiger partial charge in [-0.2, -0.15) is 0 Å². The first-order chi connectivity index (χ1) is 11.9. The van der Waals surface area contributed by atoms with E-state index in [0.29, 0.717) is 5.92 Å². The van der Waals surface area contributed by atoms with Gasteiger partial charge in [0.05, 0.1) is 11.7 Å². The molecule has 2 aromatic rings. The van der Waals surface area contributed by atoms with Crippen molar-refractivity contribution < 1.29 is 4.79 Å². The van der Waals surface area contributed by atoms with Crippen molar-refractivity contribution in [2.24, 2.45) is 17.3 Å². The lowest BCUT2D eigenvalue weighted by molar-refractivity contribution is -0.123. The zero-order chi connectivity index (χ0) is 17.6. The fourth-order valence-electron chi connectivity index (χ4n) is 3.78. The molecule has 2 aromatic heterocycles. The predicted octanol–water partition coefficient (Wildman–Crippen LogP) is 3.32. The van der Waals surface area contributed by atoms with E-state index in [0.717, 1.165) is 41.9 Å². The van der Waals surface area contributed by atoms with Crippen molar-refractivity contribution in [3.63, 3.8) is 0 Å². The summed E-state index contributed by atoms with van der Waals surface area (Å²) in [5.41, 5.74) is 3.18. The minimum absolute atomic E-state index is 0.00513. The molecular formula is C20H24N4O. The van der Waals surface area contributed by atoms with Crippen LogP contribution in [0.3, 0.4) is 0 Å². The van der Waals surface area contributed by atoms with Gasteiger partial charge in [0.2, 0.25) is 5.91 Å². The summed E-state index contributed by atoms with van der Waals surface area (Å²) in [6, 6.07) is 3.85. The van der Waals surface area contributed by atoms with E-state index in [9.17, 15) is 4.79 Å². The van der Waals surface area contributed by atoms with E-state index >= 15 is 0 Å². The fraction of sp³-hybridized carbons (Fsp3) is 0.500. The van der Waals surface area contributed by atoms with Crippen LogP contribution in [0, 0.1) is 17.3 Å². The van der Waals surface area contributed by atoms with Crippen molar-refractivity contribution in [1.82, 2.24) is 20.3 Å². The number of carbonyl (C=O) groups excluding carboxylic acids is 1. The first-order valence-corrected chi connectivity index (χ1v) is 8.99. The quantitative estimate of drug-likeness (QED) is 0.933. The average molecular weight is 336 g/mol. The third-order valence-electron chi connectivity index (χ3n) is 5.38. The average Bonchev–Trinajstić information content (AvgIpc) is 3.31. The van der Waals surface area contributed by atoms with Crippen molar-refractivity contribution in [2.75, 3.05) is 0 Å². The van der Waals surface area contributed by atoms with Crippen LogP contribution in [0.15, 0.2) is 30.7 Å². The minimum atomic E-state index is 0.00513. The molecule has 1 N–H and O–H groups in total. The molecule has 0 aromatic carbocycles. The highest BCUT2D eigenvalue weighted by Crippen LogP contribution is 2.42. The molecule has 130 valence electrons. The van der Waals surface area contributed by atoms with E-state index in [4.69, 9.17) is 4.98 Å². The van der Waals surface area contributed by atoms with Crippen LogP contribution >= 0.6 is 0 Å². The molecule has 0 saturated heterocycles. The lowest BCUT2D eigenvalue weighted by atomic mass is 9.74. The second-order valence-corrected chi connectivity index (χ2v) is 8.26. The number of fused-ring (bicyclic) bond motifs is 1. The van der Waals surface area contributed by atoms with Gasteiger partial charge in [0, 0.05) is 35.6 Å². The van der Waals surface area contributed by atoms with Crippen molar-refractivity contribution in [2.45, 2.75) is 46.1 Å². The van der Waals surface area contributed by atoms with Gasteiger partial charge < -0.3 is 5.32 Å². The molecule has 5 heteroatoms. The molecule has 1 amide bonds. The molecule has 3 unspecified atom stereocenters. The zero-order valence-corrected chi connectivity index (χ0v) is 15.0. The van der Waals surface area contributed by atoms with E-state index in [1.54, 1.807) is 12.4 Å². The Kier molecular flexibility index (Phi) is 3.82. The maximum absolute atomic E-state index is 12.4. The lowest BCUT2D eigenvalue weighted by Gasteiger charge is -2.36. The van der Waals surface area contributed by atoms with E-state index in [2.05, 4.69) is 36.1 Å². The van der Waals surface area contributed by atoms with Gasteiger partial charge in [-0.3, -0.25) is 9.78 Å². The third-order valence-corrected chi connectivity index (χ3v) is 5.38. The molecule has 1 fully saturated rings. The van der Waals surface area contributed by atoms with Gasteiger partial charge in [0.1, 0.15) is 0 Å². The summed E-state index contributed by atoms with van der Waals surface area (Å²) in [5.74, 6) is 1.60. The van der Waals surface area contributed by atoms with Crippen LogP contribution in [0.2, 0.25) is 0 Å². The fourth-order valence-corrected chi connectivity index (χ4v) is 3.78. The van der Waals surface area contributed by atoms with Crippen molar-refractivity contribution in [1.29, 1.82) is 0 Å². The van der Waals surface area contributed by atoms with Crippen molar-refractivity contribution in [3.8, 4) is 11.4 Å². The molecule has 2 heterocycles. The Morgan fingerprint density at radius 3 is 2.68 bits per heavy atom. The third kappa shape index (κ3) is 3.28. The Morgan fingerprint density at radius 1 is 1.28 bits per heavy atom. The molecule has 25 heavy (non-hydrogen) atoms. The lowest BCUT2D eigenvalue weighted by Crippen LogP contribution is -2.38. The maximum atomic E-state index is 12.4. The van der Waals surface area contributed by atoms with Crippen LogP contribution in [0.5, 0.6) is 0 Å². The van der Waals surface area contributed by atoms with Crippen LogP contribution < -0.4 is 5.32 Å². The van der Waals surface area contributed by atoms with E-state index in [1.807, 2.05) is 18.3 Å². The number of pyridine rings is 1. The molecule has 0 spiro atoms. The number of hydrogen-bond acceptors (Lipinski definition) is 4. The van der Waals surface area contributed by atoms with E-state index < -0.39 is 0 Å². The topological polar surface area (TPSA) is 67.8 Å². The molecule has 4 rings (SSSR count). The Hall–Kier alpha value is -2.30. The smallest absolute Gasteiger partial charge is 0.223 e. The Bertz CT molecular complexity index is 803. The minimum Gasteiger partial charge on any atom is -0.349 e. The zero-order valence-electron chi connectivity index (χ0n) is 15.0. The molecule has 0 aliphatic heterocycles. The summed E-state index contributed by atoms with van der Waals surface area (Å²) in [6.07, 6.45) is 8.23. The molecule has 0 radical (unpaired) electrons. The summed E-state index contributed by atoms with van der Waals surface area (Å²) in [5, 5.41) is 3.25. The van der Waals surface area contributed by atoms with Crippen LogP contribution in [-0.2, 0) is 11.2 Å². The summed E-state index contributed by atoms with van der Waals surface area (Å²) >= 11 is 0. The standard InChI is InChI=1S/C20H24N4O/c1-12-8-14(12)19(25)24-17-10-20(2,3)9-16-15(17)11-22-18(23-16)13-4-6-21-7-5-13/h4-7,11-12,14,17H,8-10H2,1-3H3,(H,24,25). The van der Waals surface area contributed by atoms with Crippen LogP contribution in [0.1, 0.15) is 50.9 Å². The summed E-state index contributed by atoms with van der Waals surface area (Å²) in [6.45, 7) is 6.61. The van der Waals surface area contributed by atoms with Gasteiger partial charge in [-0.1, -0.05) is 20.8 Å². The Morgan fingerprint density at radius 2 is 2.00 bits per heavy atom. The Labute approximate surface area is 148 Å². The normalized spacial score (nSPS) is 26.6. The van der Waals surface area contributed by atoms with Crippen molar-refractivity contribution in [3.05, 3.63) is 42.0 Å². The SMILES string of the molecule is CC1CC1C(=O)NC1CC(C)(C)Cc2nc(-c3ccncc3)ncc21. The van der Waals surface area contributed by atoms with Crippen molar-refractivity contribution >= 4 is 5.91 Å². The van der Waals surface area contributed by atoms with Gasteiger partial charge in [-0.15, -0.1) is 0 Å². The molecule has 3 atom stereocenters. The molecule has 0 bridgehead atoms. The van der Waals surface area contributed by atoms with Crippen LogP contribution in [0.4, 0.5) is 0 Å². The number of nitrogens with one attached hydrogen (secondary N) is 1. The largest absolute Gasteiger partial charge is 0.349 e. The number of aromatic nitrogens is 3. The van der Waals surface area contributed by atoms with E-state index in [-0.39, 0.29) is 23.3 Å². The number of hydrogen-bond donors (Lipinski definition) is 1. The first-order valence-electron chi connectivity index (χ1n) is 8.99. The summed E-state index contributed by atoms with van der Waals surface area (Å²) in [7, 11) is 0. The summed E-state index contributed by atoms with van der Waals surface area (Å²) < 4.78 is 0. The van der Waals surface area contributed by atoms with E-state index in [1.165, 1.54) is 0 Å². The highest BCUT2D eigenvalue weighted by Gasteiger charge is 2.41. The molecule has 2 aliphatic carbocycles. The second-order valence-electron chi connectivity index (χ2n) is 8.26. The monoisotopic (exact) mass is 336 g/mol. The maximum Gasteiger partial charge on any atom is 0.223 e. The first kappa shape index (κ1) is 16.2. The number of amides is 1. The van der Waals surface area contributed by atoms with Gasteiger partial charge in [-0.25, -0.2) is 9.97 Å². The van der Waals surface area contributed by atoms with Gasteiger partial charge in [0.15, 0.2) is 5.82 Å². The summed E-state index contributed by atoms with van der Waals surface area (Å²) in [4.78, 5) is 25.9. The highest BCUT2D eigenvalue weighted by molar-refractivity contribution is 5.82. The Balaban J connectivity index is 1.65. The van der Waals surface area contributed by atoms with Crippen LogP contribution in [-0.4, -0.2) is 20.9 Å². The van der Waals surface area contributed by atoms with Gasteiger partial charge in [0.25, 0.3) is 0 Å². The molecular weight excluding hydrogens is 312 g/mol. The number of nitrogens with zero attached hydrogens (tertiary/aromatic N) is 3. The molecule has 2 aliphatic rings. The second kappa shape index (κ2) is 5.90. The van der Waals surface area contributed by atoms with Crippen LogP contribution in [0.25, 0.3) is 11.4 Å². The number of rotatable bonds is 3. The highest BCUT2D eigenvalue weighted by atomic mass is 16.2. The van der Waals surface area contributed by atoms with Gasteiger partial charge >= 0.3 is 0 Å². The predicted molar refractivity (Wildman–Crippen MR) is 95.5 cm³/mol. The molecule has 1 saturated carbocycles. The number of carbonyl (C=O) groups is 1.